The highest BCUT2D eigenvalue weighted by Crippen LogP contribution is 2.32. The number of carbonyl (C=O) groups is 2. The lowest BCUT2D eigenvalue weighted by atomic mass is 10.0. The number of benzene rings is 1. The van der Waals surface area contributed by atoms with Gasteiger partial charge in [-0.25, -0.2) is 0 Å². The molecule has 1 N–H and O–H groups in total. The lowest BCUT2D eigenvalue weighted by molar-refractivity contribution is -0.130. The van der Waals surface area contributed by atoms with Crippen molar-refractivity contribution in [1.82, 2.24) is 20.1 Å². The van der Waals surface area contributed by atoms with Crippen LogP contribution in [0.25, 0.3) is 11.1 Å². The minimum absolute atomic E-state index is 0.0283. The lowest BCUT2D eigenvalue weighted by Crippen LogP contribution is -2.40. The van der Waals surface area contributed by atoms with Crippen LogP contribution >= 0.6 is 11.3 Å². The van der Waals surface area contributed by atoms with Gasteiger partial charge in [0.25, 0.3) is 11.1 Å². The minimum atomic E-state index is -0.328. The molecule has 0 spiro atoms. The van der Waals surface area contributed by atoms with Crippen molar-refractivity contribution >= 4 is 28.3 Å². The van der Waals surface area contributed by atoms with Crippen LogP contribution in [0.4, 0.5) is 5.13 Å². The van der Waals surface area contributed by atoms with E-state index in [2.05, 4.69) is 20.5 Å². The molecule has 1 aliphatic rings. The van der Waals surface area contributed by atoms with Crippen LogP contribution in [0.3, 0.4) is 0 Å². The standard InChI is InChI=1S/C22H23N5O4S/c1-14(28)27-11-8-15(9-12-27)31-22-26-25-21(32-22)24-20(29)17-7-10-23-13-18(17)16-5-3-4-6-19(16)30-2/h3-7,10,13,15H,8-9,11-12H2,1-2H3,(H,24,25,29). The summed E-state index contributed by atoms with van der Waals surface area (Å²) in [6.07, 6.45) is 4.64. The van der Waals surface area contributed by atoms with Gasteiger partial charge in [-0.3, -0.25) is 19.9 Å². The molecule has 3 aromatic rings. The van der Waals surface area contributed by atoms with Crippen LogP contribution in [0.5, 0.6) is 10.9 Å². The summed E-state index contributed by atoms with van der Waals surface area (Å²) >= 11 is 1.17. The Morgan fingerprint density at radius 1 is 1.12 bits per heavy atom. The van der Waals surface area contributed by atoms with Crippen molar-refractivity contribution in [1.29, 1.82) is 0 Å². The van der Waals surface area contributed by atoms with Crippen molar-refractivity contribution < 1.29 is 19.1 Å². The van der Waals surface area contributed by atoms with Crippen LogP contribution in [0.15, 0.2) is 42.7 Å². The number of rotatable bonds is 6. The molecule has 1 fully saturated rings. The van der Waals surface area contributed by atoms with E-state index in [1.807, 2.05) is 24.3 Å². The molecule has 1 aromatic carbocycles. The molecule has 0 unspecified atom stereocenters. The largest absolute Gasteiger partial charge is 0.496 e. The van der Waals surface area contributed by atoms with Crippen LogP contribution in [-0.2, 0) is 4.79 Å². The zero-order chi connectivity index (χ0) is 22.5. The molecule has 0 aliphatic carbocycles. The maximum absolute atomic E-state index is 13.0. The van der Waals surface area contributed by atoms with Gasteiger partial charge < -0.3 is 14.4 Å². The Bertz CT molecular complexity index is 1110. The monoisotopic (exact) mass is 453 g/mol. The predicted octanol–water partition coefficient (Wildman–Crippen LogP) is 3.25. The topological polar surface area (TPSA) is 107 Å². The second-order valence-corrected chi connectivity index (χ2v) is 8.21. The molecule has 3 heterocycles. The molecule has 0 saturated carbocycles. The van der Waals surface area contributed by atoms with Crippen LogP contribution in [0, 0.1) is 0 Å². The number of nitrogens with zero attached hydrogens (tertiary/aromatic N) is 4. The van der Waals surface area contributed by atoms with Crippen molar-refractivity contribution in [3.8, 4) is 22.1 Å². The van der Waals surface area contributed by atoms with Crippen LogP contribution in [0.1, 0.15) is 30.1 Å². The summed E-state index contributed by atoms with van der Waals surface area (Å²) in [6.45, 7) is 2.90. The van der Waals surface area contributed by atoms with Crippen LogP contribution in [-0.4, -0.2) is 58.2 Å². The summed E-state index contributed by atoms with van der Waals surface area (Å²) in [5.74, 6) is 0.399. The van der Waals surface area contributed by atoms with Crippen molar-refractivity contribution in [2.45, 2.75) is 25.9 Å². The zero-order valence-electron chi connectivity index (χ0n) is 17.8. The van der Waals surface area contributed by atoms with Gasteiger partial charge in [-0.1, -0.05) is 23.3 Å². The highest BCUT2D eigenvalue weighted by Gasteiger charge is 2.23. The van der Waals surface area contributed by atoms with Crippen molar-refractivity contribution in [2.75, 3.05) is 25.5 Å². The van der Waals surface area contributed by atoms with Crippen molar-refractivity contribution in [3.63, 3.8) is 0 Å². The number of likely N-dealkylation sites (tertiary alicyclic amines) is 1. The number of nitrogens with one attached hydrogen (secondary N) is 1. The number of aromatic nitrogens is 3. The molecule has 0 atom stereocenters. The van der Waals surface area contributed by atoms with Gasteiger partial charge in [0.15, 0.2) is 0 Å². The third-order valence-corrected chi connectivity index (χ3v) is 5.97. The molecule has 32 heavy (non-hydrogen) atoms. The Hall–Kier alpha value is -3.53. The first-order valence-corrected chi connectivity index (χ1v) is 11.0. The predicted molar refractivity (Wildman–Crippen MR) is 120 cm³/mol. The number of para-hydroxylation sites is 1. The average molecular weight is 454 g/mol. The maximum Gasteiger partial charge on any atom is 0.296 e. The van der Waals surface area contributed by atoms with Crippen LogP contribution < -0.4 is 14.8 Å². The minimum Gasteiger partial charge on any atom is -0.496 e. The molecule has 1 saturated heterocycles. The van der Waals surface area contributed by atoms with Gasteiger partial charge in [-0.2, -0.15) is 0 Å². The fourth-order valence-corrected chi connectivity index (χ4v) is 4.23. The van der Waals surface area contributed by atoms with Crippen molar-refractivity contribution in [2.24, 2.45) is 0 Å². The summed E-state index contributed by atoms with van der Waals surface area (Å²) in [7, 11) is 1.58. The fraction of sp³-hybridized carbons (Fsp3) is 0.318. The molecule has 2 aromatic heterocycles. The number of piperidine rings is 1. The van der Waals surface area contributed by atoms with Gasteiger partial charge >= 0.3 is 0 Å². The SMILES string of the molecule is COc1ccccc1-c1cnccc1C(=O)Nc1nnc(OC2CCN(C(C)=O)CC2)s1. The first-order valence-electron chi connectivity index (χ1n) is 10.2. The molecular formula is C22H23N5O4S. The third kappa shape index (κ3) is 4.86. The molecule has 2 amide bonds. The normalized spacial score (nSPS) is 14.1. The summed E-state index contributed by atoms with van der Waals surface area (Å²) < 4.78 is 11.3. The van der Waals surface area contributed by atoms with E-state index in [9.17, 15) is 9.59 Å². The molecule has 166 valence electrons. The quantitative estimate of drug-likeness (QED) is 0.611. The molecule has 4 rings (SSSR count). The van der Waals surface area contributed by atoms with E-state index < -0.39 is 0 Å². The molecular weight excluding hydrogens is 430 g/mol. The van der Waals surface area contributed by atoms with Gasteiger partial charge in [-0.05, 0) is 23.5 Å². The van der Waals surface area contributed by atoms with E-state index in [-0.39, 0.29) is 17.9 Å². The number of hydrogen-bond acceptors (Lipinski definition) is 8. The Balaban J connectivity index is 1.44. The molecule has 0 radical (unpaired) electrons. The van der Waals surface area contributed by atoms with Gasteiger partial charge in [0.2, 0.25) is 11.0 Å². The maximum atomic E-state index is 13.0. The summed E-state index contributed by atoms with van der Waals surface area (Å²) in [5, 5.41) is 11.6. The van der Waals surface area contributed by atoms with E-state index in [1.54, 1.807) is 37.4 Å². The summed E-state index contributed by atoms with van der Waals surface area (Å²) in [4.78, 5) is 30.4. The van der Waals surface area contributed by atoms with E-state index in [1.165, 1.54) is 11.3 Å². The van der Waals surface area contributed by atoms with E-state index in [0.29, 0.717) is 40.3 Å². The summed E-state index contributed by atoms with van der Waals surface area (Å²) in [5.41, 5.74) is 1.87. The highest BCUT2D eigenvalue weighted by molar-refractivity contribution is 7.17. The third-order valence-electron chi connectivity index (χ3n) is 5.24. The average Bonchev–Trinajstić information content (AvgIpc) is 3.25. The molecule has 1 aliphatic heterocycles. The Morgan fingerprint density at radius 2 is 1.91 bits per heavy atom. The number of pyridine rings is 1. The van der Waals surface area contributed by atoms with Gasteiger partial charge in [0.1, 0.15) is 11.9 Å². The van der Waals surface area contributed by atoms with Crippen LogP contribution in [0.2, 0.25) is 0 Å². The summed E-state index contributed by atoms with van der Waals surface area (Å²) in [6, 6.07) is 9.10. The second kappa shape index (κ2) is 9.73. The Kier molecular flexibility index (Phi) is 6.60. The zero-order valence-corrected chi connectivity index (χ0v) is 18.6. The fourth-order valence-electron chi connectivity index (χ4n) is 3.58. The van der Waals surface area contributed by atoms with Gasteiger partial charge in [-0.15, -0.1) is 5.10 Å². The Labute approximate surface area is 189 Å². The lowest BCUT2D eigenvalue weighted by Gasteiger charge is -2.30. The number of methoxy groups -OCH3 is 1. The second-order valence-electron chi connectivity index (χ2n) is 7.27. The first kappa shape index (κ1) is 21.7. The number of hydrogen-bond donors (Lipinski definition) is 1. The first-order chi connectivity index (χ1) is 15.5. The van der Waals surface area contributed by atoms with Gasteiger partial charge in [0.05, 0.1) is 12.7 Å². The van der Waals surface area contributed by atoms with Crippen molar-refractivity contribution in [3.05, 3.63) is 48.3 Å². The highest BCUT2D eigenvalue weighted by atomic mass is 32.1. The van der Waals surface area contributed by atoms with E-state index >= 15 is 0 Å². The number of anilines is 1. The number of amides is 2. The van der Waals surface area contributed by atoms with E-state index in [4.69, 9.17) is 9.47 Å². The molecule has 10 heteroatoms. The molecule has 0 bridgehead atoms. The number of ether oxygens (including phenoxy) is 2. The smallest absolute Gasteiger partial charge is 0.296 e. The van der Waals surface area contributed by atoms with E-state index in [0.717, 1.165) is 18.4 Å². The number of carbonyl (C=O) groups excluding carboxylic acids is 2. The Morgan fingerprint density at radius 3 is 2.66 bits per heavy atom. The van der Waals surface area contributed by atoms with Gasteiger partial charge in [0, 0.05) is 56.4 Å². The molecule has 9 nitrogen and oxygen atoms in total.